The van der Waals surface area contributed by atoms with E-state index in [1.807, 2.05) is 20.9 Å². The summed E-state index contributed by atoms with van der Waals surface area (Å²) in [5.74, 6) is -0.575. The van der Waals surface area contributed by atoms with Crippen molar-refractivity contribution in [2.45, 2.75) is 13.8 Å². The molecule has 0 radical (unpaired) electrons. The van der Waals surface area contributed by atoms with E-state index in [4.69, 9.17) is 11.6 Å². The van der Waals surface area contributed by atoms with Gasteiger partial charge in [0, 0.05) is 23.2 Å². The Morgan fingerprint density at radius 1 is 1.00 bits per heavy atom. The Labute approximate surface area is 156 Å². The van der Waals surface area contributed by atoms with Crippen LogP contribution in [0.25, 0.3) is 0 Å². The third-order valence-electron chi connectivity index (χ3n) is 4.27. The quantitative estimate of drug-likeness (QED) is 0.704. The van der Waals surface area contributed by atoms with E-state index in [0.29, 0.717) is 27.4 Å². The van der Waals surface area contributed by atoms with Crippen LogP contribution >= 0.6 is 11.6 Å². The largest absolute Gasteiger partial charge is 0.319 e. The zero-order chi connectivity index (χ0) is 18.8. The summed E-state index contributed by atoms with van der Waals surface area (Å²) in [5, 5.41) is 7.72. The summed E-state index contributed by atoms with van der Waals surface area (Å²) in [6.45, 7) is 3.70. The van der Waals surface area contributed by atoms with E-state index >= 15 is 0 Å². The van der Waals surface area contributed by atoms with Gasteiger partial charge in [0.15, 0.2) is 5.78 Å². The molecule has 0 fully saturated rings. The number of aromatic nitrogens is 2. The van der Waals surface area contributed by atoms with Gasteiger partial charge in [-0.05, 0) is 44.2 Å². The highest BCUT2D eigenvalue weighted by Gasteiger charge is 2.20. The number of rotatable bonds is 4. The molecule has 0 atom stereocenters. The normalized spacial score (nSPS) is 10.6. The highest BCUT2D eigenvalue weighted by Crippen LogP contribution is 2.22. The highest BCUT2D eigenvalue weighted by atomic mass is 35.5. The number of benzene rings is 2. The molecule has 1 aromatic heterocycles. The van der Waals surface area contributed by atoms with Gasteiger partial charge < -0.3 is 5.32 Å². The third-order valence-corrected chi connectivity index (χ3v) is 4.52. The van der Waals surface area contributed by atoms with Crippen LogP contribution in [0.4, 0.5) is 5.69 Å². The van der Waals surface area contributed by atoms with Crippen LogP contribution in [0, 0.1) is 13.8 Å². The summed E-state index contributed by atoms with van der Waals surface area (Å²) in [6.07, 6.45) is 0. The molecular formula is C20H18ClN3O2. The van der Waals surface area contributed by atoms with Gasteiger partial charge in [0.1, 0.15) is 0 Å². The average Bonchev–Trinajstić information content (AvgIpc) is 2.88. The minimum absolute atomic E-state index is 0.230. The second kappa shape index (κ2) is 7.14. The van der Waals surface area contributed by atoms with Crippen LogP contribution in [-0.4, -0.2) is 21.5 Å². The Balaban J connectivity index is 1.95. The van der Waals surface area contributed by atoms with Crippen LogP contribution in [0.5, 0.6) is 0 Å². The minimum Gasteiger partial charge on any atom is -0.319 e. The second-order valence-electron chi connectivity index (χ2n) is 6.01. The summed E-state index contributed by atoms with van der Waals surface area (Å²) < 4.78 is 1.70. The summed E-state index contributed by atoms with van der Waals surface area (Å²) in [7, 11) is 1.82. The van der Waals surface area contributed by atoms with E-state index in [9.17, 15) is 9.59 Å². The van der Waals surface area contributed by atoms with Crippen LogP contribution in [-0.2, 0) is 7.05 Å². The lowest BCUT2D eigenvalue weighted by Gasteiger charge is -2.10. The smallest absolute Gasteiger partial charge is 0.256 e. The fraction of sp³-hybridized carbons (Fsp3) is 0.150. The van der Waals surface area contributed by atoms with Crippen LogP contribution in [0.15, 0.2) is 48.5 Å². The number of nitrogens with zero attached hydrogens (tertiary/aromatic N) is 2. The molecule has 3 rings (SSSR count). The standard InChI is InChI=1S/C20H18ClN3O2/c1-12-18(13(2)24(3)23-12)22-20(26)17-7-5-4-6-16(17)19(25)14-8-10-15(21)11-9-14/h4-11H,1-3H3,(H,22,26). The number of carbonyl (C=O) groups is 2. The molecule has 0 saturated carbocycles. The third kappa shape index (κ3) is 3.39. The lowest BCUT2D eigenvalue weighted by Crippen LogP contribution is -2.17. The van der Waals surface area contributed by atoms with Crippen LogP contribution in [0.2, 0.25) is 5.02 Å². The van der Waals surface area contributed by atoms with Crippen molar-refractivity contribution in [3.63, 3.8) is 0 Å². The molecule has 0 aliphatic heterocycles. The Kier molecular flexibility index (Phi) is 4.91. The van der Waals surface area contributed by atoms with Crippen molar-refractivity contribution in [2.75, 3.05) is 5.32 Å². The van der Waals surface area contributed by atoms with Gasteiger partial charge in [-0.25, -0.2) is 0 Å². The maximum Gasteiger partial charge on any atom is 0.256 e. The van der Waals surface area contributed by atoms with Crippen molar-refractivity contribution < 1.29 is 9.59 Å². The number of aryl methyl sites for hydroxylation is 2. The topological polar surface area (TPSA) is 64.0 Å². The van der Waals surface area contributed by atoms with Crippen LogP contribution < -0.4 is 5.32 Å². The van der Waals surface area contributed by atoms with E-state index in [2.05, 4.69) is 10.4 Å². The van der Waals surface area contributed by atoms with E-state index in [-0.39, 0.29) is 11.7 Å². The van der Waals surface area contributed by atoms with Crippen molar-refractivity contribution in [1.82, 2.24) is 9.78 Å². The van der Waals surface area contributed by atoms with Crippen molar-refractivity contribution >= 4 is 29.0 Å². The summed E-state index contributed by atoms with van der Waals surface area (Å²) >= 11 is 5.88. The fourth-order valence-electron chi connectivity index (χ4n) is 2.77. The molecule has 3 aromatic rings. The number of nitrogens with one attached hydrogen (secondary N) is 1. The SMILES string of the molecule is Cc1nn(C)c(C)c1NC(=O)c1ccccc1C(=O)c1ccc(Cl)cc1. The molecule has 1 heterocycles. The van der Waals surface area contributed by atoms with E-state index in [0.717, 1.165) is 11.4 Å². The molecule has 0 spiro atoms. The van der Waals surface area contributed by atoms with E-state index < -0.39 is 0 Å². The zero-order valence-corrected chi connectivity index (χ0v) is 15.5. The number of ketones is 1. The molecule has 1 amide bonds. The molecular weight excluding hydrogens is 350 g/mol. The number of hydrogen-bond donors (Lipinski definition) is 1. The summed E-state index contributed by atoms with van der Waals surface area (Å²) in [4.78, 5) is 25.7. The number of hydrogen-bond acceptors (Lipinski definition) is 3. The van der Waals surface area contributed by atoms with Gasteiger partial charge in [0.2, 0.25) is 0 Å². The van der Waals surface area contributed by atoms with Crippen LogP contribution in [0.1, 0.15) is 37.7 Å². The van der Waals surface area contributed by atoms with Gasteiger partial charge in [-0.15, -0.1) is 0 Å². The first-order valence-electron chi connectivity index (χ1n) is 8.09. The zero-order valence-electron chi connectivity index (χ0n) is 14.7. The van der Waals surface area contributed by atoms with Crippen molar-refractivity contribution in [3.8, 4) is 0 Å². The van der Waals surface area contributed by atoms with Gasteiger partial charge in [0.25, 0.3) is 5.91 Å². The molecule has 1 N–H and O–H groups in total. The maximum atomic E-state index is 12.8. The first kappa shape index (κ1) is 17.9. The lowest BCUT2D eigenvalue weighted by molar-refractivity contribution is 0.0996. The molecule has 0 saturated heterocycles. The molecule has 26 heavy (non-hydrogen) atoms. The molecule has 0 aliphatic rings. The maximum absolute atomic E-state index is 12.8. The van der Waals surface area contributed by atoms with Gasteiger partial charge in [-0.1, -0.05) is 29.8 Å². The van der Waals surface area contributed by atoms with Gasteiger partial charge in [-0.3, -0.25) is 14.3 Å². The van der Waals surface area contributed by atoms with E-state index in [1.165, 1.54) is 0 Å². The van der Waals surface area contributed by atoms with Crippen LogP contribution in [0.3, 0.4) is 0 Å². The Morgan fingerprint density at radius 2 is 1.62 bits per heavy atom. The minimum atomic E-state index is -0.345. The molecule has 2 aromatic carbocycles. The molecule has 5 nitrogen and oxygen atoms in total. The number of amides is 1. The fourth-order valence-corrected chi connectivity index (χ4v) is 2.90. The van der Waals surface area contributed by atoms with Crippen molar-refractivity contribution in [2.24, 2.45) is 7.05 Å². The van der Waals surface area contributed by atoms with E-state index in [1.54, 1.807) is 53.2 Å². The lowest BCUT2D eigenvalue weighted by atomic mass is 9.98. The molecule has 132 valence electrons. The first-order valence-corrected chi connectivity index (χ1v) is 8.47. The van der Waals surface area contributed by atoms with Gasteiger partial charge in [0.05, 0.1) is 22.6 Å². The second-order valence-corrected chi connectivity index (χ2v) is 6.44. The predicted octanol–water partition coefficient (Wildman–Crippen LogP) is 4.17. The number of carbonyl (C=O) groups excluding carboxylic acids is 2. The molecule has 0 unspecified atom stereocenters. The van der Waals surface area contributed by atoms with Crippen molar-refractivity contribution in [3.05, 3.63) is 81.6 Å². The Morgan fingerprint density at radius 3 is 2.19 bits per heavy atom. The molecule has 6 heteroatoms. The molecule has 0 bridgehead atoms. The average molecular weight is 368 g/mol. The Bertz CT molecular complexity index is 991. The van der Waals surface area contributed by atoms with Gasteiger partial charge >= 0.3 is 0 Å². The van der Waals surface area contributed by atoms with Crippen molar-refractivity contribution in [1.29, 1.82) is 0 Å². The summed E-state index contributed by atoms with van der Waals surface area (Å²) in [6, 6.07) is 13.4. The number of anilines is 1. The first-order chi connectivity index (χ1) is 12.4. The molecule has 0 aliphatic carbocycles. The Hall–Kier alpha value is -2.92. The number of halogens is 1. The summed E-state index contributed by atoms with van der Waals surface area (Å²) in [5.41, 5.74) is 3.36. The van der Waals surface area contributed by atoms with Gasteiger partial charge in [-0.2, -0.15) is 5.10 Å². The monoisotopic (exact) mass is 367 g/mol. The highest BCUT2D eigenvalue weighted by molar-refractivity contribution is 6.30. The predicted molar refractivity (Wildman–Crippen MR) is 102 cm³/mol.